The first-order valence-corrected chi connectivity index (χ1v) is 11.1. The number of hydrogen-bond acceptors (Lipinski definition) is 6. The summed E-state index contributed by atoms with van der Waals surface area (Å²) >= 11 is 0. The minimum atomic E-state index is -2.13. The van der Waals surface area contributed by atoms with Gasteiger partial charge in [-0.2, -0.15) is 0 Å². The summed E-state index contributed by atoms with van der Waals surface area (Å²) in [6, 6.07) is 6.67. The van der Waals surface area contributed by atoms with E-state index < -0.39 is 44.8 Å². The van der Waals surface area contributed by atoms with Crippen molar-refractivity contribution in [2.45, 2.75) is 57.7 Å². The summed E-state index contributed by atoms with van der Waals surface area (Å²) in [5.74, 6) is 0.234. The first-order valence-electron chi connectivity index (χ1n) is 9.12. The molecule has 0 spiro atoms. The molecule has 4 rings (SSSR count). The van der Waals surface area contributed by atoms with Crippen LogP contribution >= 0.6 is 10.7 Å². The molecule has 2 amide bonds. The van der Waals surface area contributed by atoms with Gasteiger partial charge in [-0.15, -0.1) is 0 Å². The minimum Gasteiger partial charge on any atom is -0.596 e. The molecule has 164 valence electrons. The molecular formula is C20H25ClN2O6S. The lowest BCUT2D eigenvalue weighted by molar-refractivity contribution is -0.174. The number of nitrogens with one attached hydrogen (secondary N) is 1. The number of β-lactam (4-membered cyclic amide) rings is 1. The van der Waals surface area contributed by atoms with Gasteiger partial charge >= 0.3 is 11.0 Å². The van der Waals surface area contributed by atoms with Crippen molar-refractivity contribution < 1.29 is 28.4 Å². The molecule has 0 saturated carbocycles. The summed E-state index contributed by atoms with van der Waals surface area (Å²) in [6.45, 7) is 11.5. The van der Waals surface area contributed by atoms with Gasteiger partial charge in [-0.25, -0.2) is 4.79 Å². The normalized spacial score (nSPS) is 20.9. The number of ether oxygens (including phenoxy) is 2. The van der Waals surface area contributed by atoms with Crippen LogP contribution in [0.15, 0.2) is 36.4 Å². The van der Waals surface area contributed by atoms with Gasteiger partial charge in [-0.05, 0) is 45.4 Å². The lowest BCUT2D eigenvalue weighted by atomic mass is 9.99. The summed E-state index contributed by atoms with van der Waals surface area (Å²) in [4.78, 5) is 35.3. The fourth-order valence-electron chi connectivity index (χ4n) is 2.96. The molecule has 0 aliphatic carbocycles. The highest BCUT2D eigenvalue weighted by molar-refractivity contribution is 8.14. The second-order valence-corrected chi connectivity index (χ2v) is 9.95. The molecular weight excluding hydrogens is 432 g/mol. The Morgan fingerprint density at radius 3 is 2.17 bits per heavy atom. The topological polar surface area (TPSA) is 108 Å². The Balaban J connectivity index is 0.000000375. The van der Waals surface area contributed by atoms with Gasteiger partial charge in [0.1, 0.15) is 33.9 Å². The smallest absolute Gasteiger partial charge is 0.333 e. The number of fused-ring (bicyclic) bond motifs is 2. The van der Waals surface area contributed by atoms with Crippen LogP contribution in [0.2, 0.25) is 0 Å². The Labute approximate surface area is 183 Å². The van der Waals surface area contributed by atoms with E-state index in [0.29, 0.717) is 5.57 Å². The van der Waals surface area contributed by atoms with Crippen LogP contribution in [-0.2, 0) is 29.5 Å². The van der Waals surface area contributed by atoms with E-state index in [1.807, 2.05) is 24.3 Å². The second kappa shape index (κ2) is 8.87. The lowest BCUT2D eigenvalue weighted by Crippen LogP contribution is -2.77. The van der Waals surface area contributed by atoms with Gasteiger partial charge in [0, 0.05) is 13.0 Å². The van der Waals surface area contributed by atoms with Gasteiger partial charge in [-0.3, -0.25) is 19.8 Å². The van der Waals surface area contributed by atoms with Crippen molar-refractivity contribution in [2.24, 2.45) is 0 Å². The number of rotatable bonds is 5. The summed E-state index contributed by atoms with van der Waals surface area (Å²) < 4.78 is 22.3. The first-order chi connectivity index (χ1) is 13.8. The molecule has 1 saturated heterocycles. The SMILES string of the molecule is C=C(C)C(C(=O)OC(C)(C)C)N1C(=O)CC1(NC(C)=O)[S+]([O-])Cl.c1cc2cc(c1)O2. The predicted molar refractivity (Wildman–Crippen MR) is 113 cm³/mol. The van der Waals surface area contributed by atoms with Crippen LogP contribution in [0.25, 0.3) is 0 Å². The summed E-state index contributed by atoms with van der Waals surface area (Å²) in [5.41, 5.74) is -0.473. The Morgan fingerprint density at radius 2 is 1.90 bits per heavy atom. The summed E-state index contributed by atoms with van der Waals surface area (Å²) in [5, 5.41) is 2.41. The quantitative estimate of drug-likeness (QED) is 0.320. The van der Waals surface area contributed by atoms with E-state index in [2.05, 4.69) is 11.9 Å². The highest BCUT2D eigenvalue weighted by Crippen LogP contribution is 2.40. The molecule has 8 nitrogen and oxygen atoms in total. The monoisotopic (exact) mass is 456 g/mol. The number of nitrogens with zero attached hydrogens (tertiary/aromatic N) is 1. The van der Waals surface area contributed by atoms with E-state index in [9.17, 15) is 18.9 Å². The van der Waals surface area contributed by atoms with Crippen LogP contribution in [0.3, 0.4) is 0 Å². The maximum atomic E-state index is 12.4. The standard InChI is InChI=1S/C14H21ClN2O5S.C6H4O/c1-8(2)11(12(20)22-13(4,5)6)17-10(19)7-14(17,23(15)21)16-9(3)18;1-2-5-4-6(3-1)7-5/h11H,1,7H2,2-6H3,(H,16,18);1-4H. The molecule has 3 atom stereocenters. The molecule has 10 heteroatoms. The van der Waals surface area contributed by atoms with Gasteiger partial charge in [0.25, 0.3) is 0 Å². The van der Waals surface area contributed by atoms with Gasteiger partial charge < -0.3 is 14.0 Å². The zero-order valence-electron chi connectivity index (χ0n) is 17.5. The van der Waals surface area contributed by atoms with Crippen LogP contribution in [0.4, 0.5) is 0 Å². The Bertz CT molecular complexity index is 844. The second-order valence-electron chi connectivity index (χ2n) is 7.99. The molecule has 1 aromatic rings. The average Bonchev–Trinajstić information content (AvgIpc) is 2.57. The number of benzene rings is 1. The van der Waals surface area contributed by atoms with Crippen LogP contribution in [0, 0.1) is 0 Å². The molecule has 1 N–H and O–H groups in total. The predicted octanol–water partition coefficient (Wildman–Crippen LogP) is 2.99. The van der Waals surface area contributed by atoms with Gasteiger partial charge in [0.15, 0.2) is 16.7 Å². The third-order valence-corrected chi connectivity index (χ3v) is 5.82. The minimum absolute atomic E-state index is 0.269. The number of halogens is 1. The highest BCUT2D eigenvalue weighted by atomic mass is 35.7. The van der Waals surface area contributed by atoms with Crippen molar-refractivity contribution in [1.29, 1.82) is 0 Å². The molecule has 3 unspecified atom stereocenters. The van der Waals surface area contributed by atoms with Crippen LogP contribution in [0.1, 0.15) is 41.0 Å². The molecule has 3 heterocycles. The lowest BCUT2D eigenvalue weighted by Gasteiger charge is -2.50. The van der Waals surface area contributed by atoms with E-state index in [-0.39, 0.29) is 6.42 Å². The molecule has 3 aliphatic heterocycles. The number of amides is 2. The van der Waals surface area contributed by atoms with Crippen molar-refractivity contribution in [3.63, 3.8) is 0 Å². The highest BCUT2D eigenvalue weighted by Gasteiger charge is 2.65. The van der Waals surface area contributed by atoms with Crippen molar-refractivity contribution >= 4 is 38.9 Å². The van der Waals surface area contributed by atoms with E-state index in [4.69, 9.17) is 20.2 Å². The number of carbonyl (C=O) groups is 3. The third-order valence-electron chi connectivity index (χ3n) is 4.08. The fraction of sp³-hybridized carbons (Fsp3) is 0.450. The van der Waals surface area contributed by atoms with Crippen LogP contribution < -0.4 is 10.1 Å². The van der Waals surface area contributed by atoms with Crippen LogP contribution in [-0.4, -0.2) is 43.9 Å². The van der Waals surface area contributed by atoms with Crippen molar-refractivity contribution in [2.75, 3.05) is 0 Å². The molecule has 30 heavy (non-hydrogen) atoms. The maximum Gasteiger partial charge on any atom is 0.333 e. The fourth-order valence-corrected chi connectivity index (χ4v) is 4.28. The van der Waals surface area contributed by atoms with E-state index in [0.717, 1.165) is 16.4 Å². The zero-order chi connectivity index (χ0) is 22.9. The van der Waals surface area contributed by atoms with Crippen molar-refractivity contribution in [1.82, 2.24) is 10.2 Å². The zero-order valence-corrected chi connectivity index (χ0v) is 19.1. The Kier molecular flexibility index (Phi) is 7.11. The Hall–Kier alpha value is -2.23. The molecule has 1 aromatic carbocycles. The summed E-state index contributed by atoms with van der Waals surface area (Å²) in [7, 11) is 3.58. The largest absolute Gasteiger partial charge is 0.596 e. The molecule has 0 radical (unpaired) electrons. The Morgan fingerprint density at radius 1 is 1.37 bits per heavy atom. The van der Waals surface area contributed by atoms with Gasteiger partial charge in [-0.1, -0.05) is 12.6 Å². The molecule has 3 aliphatic rings. The van der Waals surface area contributed by atoms with Gasteiger partial charge in [0.05, 0.1) is 0 Å². The van der Waals surface area contributed by atoms with Gasteiger partial charge in [0.2, 0.25) is 11.8 Å². The maximum absolute atomic E-state index is 12.4. The summed E-state index contributed by atoms with van der Waals surface area (Å²) in [6.07, 6.45) is -0.269. The van der Waals surface area contributed by atoms with Crippen molar-refractivity contribution in [3.05, 3.63) is 36.4 Å². The number of carbonyl (C=O) groups excluding carboxylic acids is 3. The van der Waals surface area contributed by atoms with E-state index in [1.165, 1.54) is 13.8 Å². The van der Waals surface area contributed by atoms with E-state index in [1.54, 1.807) is 20.8 Å². The average molecular weight is 457 g/mol. The van der Waals surface area contributed by atoms with Crippen molar-refractivity contribution in [3.8, 4) is 11.5 Å². The van der Waals surface area contributed by atoms with E-state index >= 15 is 0 Å². The number of likely N-dealkylation sites (tertiary alicyclic amines) is 1. The van der Waals surface area contributed by atoms with Crippen LogP contribution in [0.5, 0.6) is 11.5 Å². The molecule has 2 bridgehead atoms. The third kappa shape index (κ3) is 5.27. The first kappa shape index (κ1) is 24.0. The number of hydrogen-bond donors (Lipinski definition) is 1. The molecule has 0 aromatic heterocycles. The molecule has 1 fully saturated rings. The number of esters is 1.